The summed E-state index contributed by atoms with van der Waals surface area (Å²) in [5, 5.41) is 4.53. The van der Waals surface area contributed by atoms with Crippen LogP contribution in [0.4, 0.5) is 4.39 Å². The van der Waals surface area contributed by atoms with Gasteiger partial charge in [-0.2, -0.15) is 5.10 Å². The first-order valence-corrected chi connectivity index (χ1v) is 7.43. The molecular formula is C18H18FN3O2. The average molecular weight is 327 g/mol. The molecule has 5 nitrogen and oxygen atoms in total. The molecule has 0 fully saturated rings. The summed E-state index contributed by atoms with van der Waals surface area (Å²) in [4.78, 5) is 0. The largest absolute Gasteiger partial charge is 0.493 e. The Morgan fingerprint density at radius 3 is 2.33 bits per heavy atom. The standard InChI is InChI=1S/C18H18FN3O2/c1-23-17-8-7-15(10-18(17)24-2)22-16(9-14(11-20)21-22)12-3-5-13(19)6-4-12/h3-10H,11,20H2,1-2H3. The molecule has 0 aliphatic rings. The number of ether oxygens (including phenoxy) is 2. The number of hydrogen-bond acceptors (Lipinski definition) is 4. The van der Waals surface area contributed by atoms with E-state index in [1.807, 2.05) is 24.3 Å². The lowest BCUT2D eigenvalue weighted by Crippen LogP contribution is -2.02. The number of rotatable bonds is 5. The van der Waals surface area contributed by atoms with Gasteiger partial charge in [0.1, 0.15) is 5.82 Å². The van der Waals surface area contributed by atoms with Gasteiger partial charge in [-0.25, -0.2) is 9.07 Å². The number of nitrogens with zero attached hydrogens (tertiary/aromatic N) is 2. The van der Waals surface area contributed by atoms with Gasteiger partial charge in [0, 0.05) is 18.2 Å². The summed E-state index contributed by atoms with van der Waals surface area (Å²) in [5.41, 5.74) is 8.94. The van der Waals surface area contributed by atoms with Gasteiger partial charge in [-0.05, 0) is 42.5 Å². The highest BCUT2D eigenvalue weighted by molar-refractivity contribution is 5.63. The molecule has 0 saturated heterocycles. The molecule has 6 heteroatoms. The van der Waals surface area contributed by atoms with Crippen molar-refractivity contribution < 1.29 is 13.9 Å². The van der Waals surface area contributed by atoms with E-state index in [2.05, 4.69) is 5.10 Å². The van der Waals surface area contributed by atoms with E-state index in [1.54, 1.807) is 31.0 Å². The number of nitrogens with two attached hydrogens (primary N) is 1. The first kappa shape index (κ1) is 16.0. The third kappa shape index (κ3) is 2.96. The molecule has 2 N–H and O–H groups in total. The van der Waals surface area contributed by atoms with Crippen LogP contribution in [0.25, 0.3) is 16.9 Å². The van der Waals surface area contributed by atoms with E-state index < -0.39 is 0 Å². The normalized spacial score (nSPS) is 10.7. The van der Waals surface area contributed by atoms with Crippen molar-refractivity contribution in [1.82, 2.24) is 9.78 Å². The summed E-state index contributed by atoms with van der Waals surface area (Å²) in [6.07, 6.45) is 0. The molecule has 24 heavy (non-hydrogen) atoms. The fraction of sp³-hybridized carbons (Fsp3) is 0.167. The van der Waals surface area contributed by atoms with Crippen molar-refractivity contribution >= 4 is 0 Å². The quantitative estimate of drug-likeness (QED) is 0.782. The lowest BCUT2D eigenvalue weighted by molar-refractivity contribution is 0.355. The first-order chi connectivity index (χ1) is 11.7. The summed E-state index contributed by atoms with van der Waals surface area (Å²) in [7, 11) is 3.17. The summed E-state index contributed by atoms with van der Waals surface area (Å²) in [6, 6.07) is 13.7. The SMILES string of the molecule is COc1ccc(-n2nc(CN)cc2-c2ccc(F)cc2)cc1OC. The molecule has 2 aromatic carbocycles. The van der Waals surface area contributed by atoms with E-state index in [-0.39, 0.29) is 5.82 Å². The van der Waals surface area contributed by atoms with Crippen LogP contribution in [-0.2, 0) is 6.54 Å². The maximum Gasteiger partial charge on any atom is 0.162 e. The van der Waals surface area contributed by atoms with Crippen LogP contribution in [0.3, 0.4) is 0 Å². The molecule has 0 unspecified atom stereocenters. The van der Waals surface area contributed by atoms with Gasteiger partial charge >= 0.3 is 0 Å². The third-order valence-corrected chi connectivity index (χ3v) is 3.72. The van der Waals surface area contributed by atoms with Gasteiger partial charge in [-0.3, -0.25) is 0 Å². The molecule has 1 aromatic heterocycles. The molecule has 0 aliphatic heterocycles. The lowest BCUT2D eigenvalue weighted by atomic mass is 10.1. The second-order valence-electron chi connectivity index (χ2n) is 5.18. The predicted molar refractivity (Wildman–Crippen MR) is 90.0 cm³/mol. The maximum absolute atomic E-state index is 13.2. The molecule has 124 valence electrons. The van der Waals surface area contributed by atoms with Crippen LogP contribution in [0.5, 0.6) is 11.5 Å². The minimum Gasteiger partial charge on any atom is -0.493 e. The fourth-order valence-electron chi connectivity index (χ4n) is 2.51. The fourth-order valence-corrected chi connectivity index (χ4v) is 2.51. The van der Waals surface area contributed by atoms with Crippen molar-refractivity contribution in [2.45, 2.75) is 6.54 Å². The van der Waals surface area contributed by atoms with Gasteiger partial charge in [-0.15, -0.1) is 0 Å². The smallest absolute Gasteiger partial charge is 0.162 e. The summed E-state index contributed by atoms with van der Waals surface area (Å²) >= 11 is 0. The van der Waals surface area contributed by atoms with Crippen LogP contribution in [0.2, 0.25) is 0 Å². The molecule has 3 aromatic rings. The Labute approximate surface area is 139 Å². The van der Waals surface area contributed by atoms with Crippen molar-refractivity contribution in [2.75, 3.05) is 14.2 Å². The Kier molecular flexibility index (Phi) is 4.48. The van der Waals surface area contributed by atoms with E-state index in [0.717, 1.165) is 22.6 Å². The number of aromatic nitrogens is 2. The molecule has 0 aliphatic carbocycles. The van der Waals surface area contributed by atoms with Gasteiger partial charge in [0.05, 0.1) is 31.3 Å². The second-order valence-corrected chi connectivity index (χ2v) is 5.18. The molecule has 1 heterocycles. The Morgan fingerprint density at radius 1 is 1.00 bits per heavy atom. The maximum atomic E-state index is 13.2. The molecular weight excluding hydrogens is 309 g/mol. The van der Waals surface area contributed by atoms with Gasteiger partial charge < -0.3 is 15.2 Å². The van der Waals surface area contributed by atoms with Gasteiger partial charge in [0.2, 0.25) is 0 Å². The van der Waals surface area contributed by atoms with Crippen LogP contribution in [0, 0.1) is 5.82 Å². The first-order valence-electron chi connectivity index (χ1n) is 7.43. The van der Waals surface area contributed by atoms with Crippen molar-refractivity contribution in [3.05, 3.63) is 60.0 Å². The zero-order chi connectivity index (χ0) is 17.1. The van der Waals surface area contributed by atoms with Crippen LogP contribution < -0.4 is 15.2 Å². The van der Waals surface area contributed by atoms with Crippen LogP contribution in [0.1, 0.15) is 5.69 Å². The second kappa shape index (κ2) is 6.72. The molecule has 3 rings (SSSR count). The van der Waals surface area contributed by atoms with Crippen molar-refractivity contribution in [3.8, 4) is 28.4 Å². The van der Waals surface area contributed by atoms with E-state index in [1.165, 1.54) is 12.1 Å². The Bertz CT molecular complexity index is 844. The monoisotopic (exact) mass is 327 g/mol. The minimum absolute atomic E-state index is 0.282. The van der Waals surface area contributed by atoms with Gasteiger partial charge in [0.25, 0.3) is 0 Å². The highest BCUT2D eigenvalue weighted by Crippen LogP contribution is 2.31. The van der Waals surface area contributed by atoms with Crippen LogP contribution in [-0.4, -0.2) is 24.0 Å². The molecule has 0 bridgehead atoms. The third-order valence-electron chi connectivity index (χ3n) is 3.72. The predicted octanol–water partition coefficient (Wildman–Crippen LogP) is 3.15. The van der Waals surface area contributed by atoms with Crippen molar-refractivity contribution in [2.24, 2.45) is 5.73 Å². The van der Waals surface area contributed by atoms with Crippen molar-refractivity contribution in [1.29, 1.82) is 0 Å². The number of benzene rings is 2. The Hall–Kier alpha value is -2.86. The van der Waals surface area contributed by atoms with E-state index >= 15 is 0 Å². The topological polar surface area (TPSA) is 62.3 Å². The van der Waals surface area contributed by atoms with E-state index in [9.17, 15) is 4.39 Å². The molecule has 0 spiro atoms. The van der Waals surface area contributed by atoms with Gasteiger partial charge in [-0.1, -0.05) is 0 Å². The van der Waals surface area contributed by atoms with E-state index in [0.29, 0.717) is 18.0 Å². The summed E-state index contributed by atoms with van der Waals surface area (Å²) < 4.78 is 25.6. The summed E-state index contributed by atoms with van der Waals surface area (Å²) in [5.74, 6) is 0.954. The molecule has 0 amide bonds. The number of methoxy groups -OCH3 is 2. The zero-order valence-corrected chi connectivity index (χ0v) is 13.5. The van der Waals surface area contributed by atoms with Gasteiger partial charge in [0.15, 0.2) is 11.5 Å². The molecule has 0 radical (unpaired) electrons. The minimum atomic E-state index is -0.282. The lowest BCUT2D eigenvalue weighted by Gasteiger charge is -2.12. The molecule has 0 saturated carbocycles. The molecule has 0 atom stereocenters. The number of hydrogen-bond donors (Lipinski definition) is 1. The highest BCUT2D eigenvalue weighted by Gasteiger charge is 2.13. The zero-order valence-electron chi connectivity index (χ0n) is 13.5. The number of halogens is 1. The van der Waals surface area contributed by atoms with Crippen LogP contribution >= 0.6 is 0 Å². The Balaban J connectivity index is 2.14. The average Bonchev–Trinajstić information content (AvgIpc) is 3.06. The van der Waals surface area contributed by atoms with Crippen LogP contribution in [0.15, 0.2) is 48.5 Å². The van der Waals surface area contributed by atoms with Crippen molar-refractivity contribution in [3.63, 3.8) is 0 Å². The van der Waals surface area contributed by atoms with E-state index in [4.69, 9.17) is 15.2 Å². The Morgan fingerprint density at radius 2 is 1.71 bits per heavy atom. The summed E-state index contributed by atoms with van der Waals surface area (Å²) in [6.45, 7) is 0.314. The highest BCUT2D eigenvalue weighted by atomic mass is 19.1.